The highest BCUT2D eigenvalue weighted by molar-refractivity contribution is 6.03. The molecule has 26 heavy (non-hydrogen) atoms. The van der Waals surface area contributed by atoms with E-state index in [4.69, 9.17) is 9.84 Å². The molecule has 1 amide bonds. The van der Waals surface area contributed by atoms with Gasteiger partial charge in [0.2, 0.25) is 0 Å². The zero-order valence-corrected chi connectivity index (χ0v) is 15.4. The lowest BCUT2D eigenvalue weighted by atomic mass is 10.1. The third-order valence-corrected chi connectivity index (χ3v) is 4.29. The molecule has 1 aliphatic carbocycles. The average Bonchev–Trinajstić information content (AvgIpc) is 3.31. The van der Waals surface area contributed by atoms with E-state index in [-0.39, 0.29) is 22.8 Å². The fourth-order valence-electron chi connectivity index (χ4n) is 2.85. The van der Waals surface area contributed by atoms with Gasteiger partial charge in [-0.3, -0.25) is 9.48 Å². The van der Waals surface area contributed by atoms with Crippen molar-refractivity contribution >= 4 is 17.6 Å². The topological polar surface area (TPSA) is 93.5 Å². The highest BCUT2D eigenvalue weighted by Crippen LogP contribution is 2.41. The molecule has 0 saturated heterocycles. The number of methoxy groups -OCH3 is 1. The number of carbonyl (C=O) groups excluding carboxylic acids is 1. The van der Waals surface area contributed by atoms with Gasteiger partial charge >= 0.3 is 5.97 Å². The second-order valence-corrected chi connectivity index (χ2v) is 7.49. The summed E-state index contributed by atoms with van der Waals surface area (Å²) < 4.78 is 7.01. The molecule has 1 aliphatic rings. The summed E-state index contributed by atoms with van der Waals surface area (Å²) in [7, 11) is 1.39. The van der Waals surface area contributed by atoms with E-state index in [2.05, 4.69) is 31.2 Å². The van der Waals surface area contributed by atoms with Gasteiger partial charge in [0.05, 0.1) is 12.6 Å². The fourth-order valence-corrected chi connectivity index (χ4v) is 2.85. The lowest BCUT2D eigenvalue weighted by Crippen LogP contribution is -2.25. The van der Waals surface area contributed by atoms with E-state index in [1.54, 1.807) is 0 Å². The molecule has 0 bridgehead atoms. The molecule has 2 N–H and O–H groups in total. The summed E-state index contributed by atoms with van der Waals surface area (Å²) in [6, 6.07) is 6.28. The van der Waals surface area contributed by atoms with Crippen LogP contribution in [0.25, 0.3) is 0 Å². The number of anilines is 1. The van der Waals surface area contributed by atoms with Crippen molar-refractivity contribution in [2.24, 2.45) is 0 Å². The third-order valence-electron chi connectivity index (χ3n) is 4.29. The number of aromatic carboxylic acids is 1. The SMILES string of the molecule is COc1cc(NC(=O)c2cc(C3CC3)n(C(C)(C)C)n2)ccc1C(=O)O. The molecule has 0 radical (unpaired) electrons. The van der Waals surface area contributed by atoms with Crippen molar-refractivity contribution < 1.29 is 19.4 Å². The van der Waals surface area contributed by atoms with E-state index in [9.17, 15) is 9.59 Å². The standard InChI is InChI=1S/C19H23N3O4/c1-19(2,3)22-15(11-5-6-11)10-14(21-22)17(23)20-12-7-8-13(18(24)25)16(9-12)26-4/h7-11H,5-6H2,1-4H3,(H,20,23)(H,24,25). The van der Waals surface area contributed by atoms with Gasteiger partial charge in [-0.15, -0.1) is 0 Å². The summed E-state index contributed by atoms with van der Waals surface area (Å²) in [4.78, 5) is 23.8. The van der Waals surface area contributed by atoms with Crippen LogP contribution in [0.3, 0.4) is 0 Å². The minimum Gasteiger partial charge on any atom is -0.496 e. The summed E-state index contributed by atoms with van der Waals surface area (Å²) in [5, 5.41) is 16.4. The highest BCUT2D eigenvalue weighted by atomic mass is 16.5. The number of carboxylic acids is 1. The van der Waals surface area contributed by atoms with Crippen LogP contribution in [0.15, 0.2) is 24.3 Å². The first-order chi connectivity index (χ1) is 12.2. The maximum absolute atomic E-state index is 12.6. The van der Waals surface area contributed by atoms with Crippen molar-refractivity contribution in [1.82, 2.24) is 9.78 Å². The van der Waals surface area contributed by atoms with E-state index in [1.165, 1.54) is 25.3 Å². The maximum Gasteiger partial charge on any atom is 0.339 e. The van der Waals surface area contributed by atoms with E-state index < -0.39 is 5.97 Å². The lowest BCUT2D eigenvalue weighted by Gasteiger charge is -2.22. The van der Waals surface area contributed by atoms with Crippen LogP contribution in [0.2, 0.25) is 0 Å². The number of nitrogens with one attached hydrogen (secondary N) is 1. The van der Waals surface area contributed by atoms with Gasteiger partial charge in [-0.25, -0.2) is 4.79 Å². The number of amides is 1. The number of benzene rings is 1. The zero-order valence-electron chi connectivity index (χ0n) is 15.4. The van der Waals surface area contributed by atoms with Crippen molar-refractivity contribution in [3.8, 4) is 5.75 Å². The first-order valence-corrected chi connectivity index (χ1v) is 8.54. The Bertz CT molecular complexity index is 860. The number of carboxylic acid groups (broad SMARTS) is 1. The predicted octanol–water partition coefficient (Wildman–Crippen LogP) is 3.47. The number of rotatable bonds is 5. The summed E-state index contributed by atoms with van der Waals surface area (Å²) >= 11 is 0. The number of ether oxygens (including phenoxy) is 1. The molecular formula is C19H23N3O4. The molecule has 1 fully saturated rings. The molecule has 1 heterocycles. The molecule has 7 heteroatoms. The van der Waals surface area contributed by atoms with Gasteiger partial charge in [-0.2, -0.15) is 5.10 Å². The Hall–Kier alpha value is -2.83. The Balaban J connectivity index is 1.86. The third kappa shape index (κ3) is 3.56. The van der Waals surface area contributed by atoms with Crippen LogP contribution < -0.4 is 10.1 Å². The van der Waals surface area contributed by atoms with Crippen LogP contribution >= 0.6 is 0 Å². The van der Waals surface area contributed by atoms with E-state index in [1.807, 2.05) is 10.7 Å². The van der Waals surface area contributed by atoms with Gasteiger partial charge < -0.3 is 15.2 Å². The summed E-state index contributed by atoms with van der Waals surface area (Å²) in [6.07, 6.45) is 2.24. The van der Waals surface area contributed by atoms with Crippen LogP contribution in [0, 0.1) is 0 Å². The van der Waals surface area contributed by atoms with Crippen LogP contribution in [-0.2, 0) is 5.54 Å². The van der Waals surface area contributed by atoms with Crippen LogP contribution in [0.1, 0.15) is 66.1 Å². The minimum absolute atomic E-state index is 0.0403. The van der Waals surface area contributed by atoms with E-state index in [0.29, 0.717) is 17.3 Å². The Kier molecular flexibility index (Phi) is 4.48. The van der Waals surface area contributed by atoms with Gasteiger partial charge in [0.15, 0.2) is 5.69 Å². The molecule has 3 rings (SSSR count). The van der Waals surface area contributed by atoms with Crippen LogP contribution in [0.5, 0.6) is 5.75 Å². The van der Waals surface area contributed by atoms with Gasteiger partial charge in [-0.1, -0.05) is 0 Å². The van der Waals surface area contributed by atoms with Crippen LogP contribution in [0.4, 0.5) is 5.69 Å². The zero-order chi connectivity index (χ0) is 19.1. The van der Waals surface area contributed by atoms with Crippen molar-refractivity contribution in [3.63, 3.8) is 0 Å². The molecule has 1 saturated carbocycles. The molecule has 138 valence electrons. The Morgan fingerprint density at radius 1 is 1.27 bits per heavy atom. The molecule has 0 atom stereocenters. The van der Waals surface area contributed by atoms with Crippen molar-refractivity contribution in [2.75, 3.05) is 12.4 Å². The number of aromatic nitrogens is 2. The Labute approximate surface area is 152 Å². The number of hydrogen-bond donors (Lipinski definition) is 2. The van der Waals surface area contributed by atoms with Crippen molar-refractivity contribution in [3.05, 3.63) is 41.2 Å². The minimum atomic E-state index is -1.09. The molecule has 0 spiro atoms. The Morgan fingerprint density at radius 3 is 2.50 bits per heavy atom. The normalized spacial score (nSPS) is 14.2. The smallest absolute Gasteiger partial charge is 0.339 e. The summed E-state index contributed by atoms with van der Waals surface area (Å²) in [5.74, 6) is -0.759. The van der Waals surface area contributed by atoms with Crippen molar-refractivity contribution in [2.45, 2.75) is 45.1 Å². The molecule has 2 aromatic rings. The molecule has 7 nitrogen and oxygen atoms in total. The number of hydrogen-bond acceptors (Lipinski definition) is 4. The second-order valence-electron chi connectivity index (χ2n) is 7.49. The maximum atomic E-state index is 12.6. The van der Waals surface area contributed by atoms with Crippen molar-refractivity contribution in [1.29, 1.82) is 0 Å². The molecule has 1 aromatic carbocycles. The number of nitrogens with zero attached hydrogens (tertiary/aromatic N) is 2. The van der Waals surface area contributed by atoms with Gasteiger partial charge in [0.25, 0.3) is 5.91 Å². The lowest BCUT2D eigenvalue weighted by molar-refractivity contribution is 0.0693. The first kappa shape index (κ1) is 18.0. The molecule has 0 aliphatic heterocycles. The van der Waals surface area contributed by atoms with Gasteiger partial charge in [-0.05, 0) is 51.8 Å². The fraction of sp³-hybridized carbons (Fsp3) is 0.421. The molecule has 0 unspecified atom stereocenters. The van der Waals surface area contributed by atoms with Crippen LogP contribution in [-0.4, -0.2) is 33.9 Å². The largest absolute Gasteiger partial charge is 0.496 e. The summed E-state index contributed by atoms with van der Waals surface area (Å²) in [6.45, 7) is 6.18. The molecular weight excluding hydrogens is 334 g/mol. The number of carbonyl (C=O) groups is 2. The highest BCUT2D eigenvalue weighted by Gasteiger charge is 2.32. The van der Waals surface area contributed by atoms with E-state index >= 15 is 0 Å². The average molecular weight is 357 g/mol. The Morgan fingerprint density at radius 2 is 1.96 bits per heavy atom. The monoisotopic (exact) mass is 357 g/mol. The van der Waals surface area contributed by atoms with Gasteiger partial charge in [0, 0.05) is 23.4 Å². The quantitative estimate of drug-likeness (QED) is 0.854. The predicted molar refractivity (Wildman–Crippen MR) is 97.1 cm³/mol. The van der Waals surface area contributed by atoms with Gasteiger partial charge in [0.1, 0.15) is 11.3 Å². The first-order valence-electron chi connectivity index (χ1n) is 8.54. The van der Waals surface area contributed by atoms with E-state index in [0.717, 1.165) is 18.5 Å². The second kappa shape index (κ2) is 6.48. The molecule has 1 aromatic heterocycles. The summed E-state index contributed by atoms with van der Waals surface area (Å²) in [5.41, 5.74) is 1.72.